The number of benzene rings is 2. The van der Waals surface area contributed by atoms with Crippen molar-refractivity contribution in [3.05, 3.63) is 57.6 Å². The molecule has 0 aliphatic rings. The molecule has 0 aromatic heterocycles. The van der Waals surface area contributed by atoms with Gasteiger partial charge in [0, 0.05) is 0 Å². The molecule has 0 spiro atoms. The molecule has 0 saturated heterocycles. The molecule has 0 amide bonds. The highest BCUT2D eigenvalue weighted by Crippen LogP contribution is 2.26. The number of rotatable bonds is 3. The first-order valence-electron chi connectivity index (χ1n) is 6.19. The Morgan fingerprint density at radius 3 is 2.40 bits per heavy atom. The zero-order valence-corrected chi connectivity index (χ0v) is 12.2. The van der Waals surface area contributed by atoms with Crippen LogP contribution in [-0.4, -0.2) is 0 Å². The van der Waals surface area contributed by atoms with Crippen LogP contribution in [0, 0.1) is 25.2 Å². The number of halogens is 1. The van der Waals surface area contributed by atoms with Gasteiger partial charge in [0.15, 0.2) is 0 Å². The van der Waals surface area contributed by atoms with Crippen LogP contribution in [0.3, 0.4) is 0 Å². The average Bonchev–Trinajstić information content (AvgIpc) is 2.41. The van der Waals surface area contributed by atoms with Crippen molar-refractivity contribution in [2.24, 2.45) is 0 Å². The van der Waals surface area contributed by atoms with Gasteiger partial charge in [-0.25, -0.2) is 0 Å². The molecule has 20 heavy (non-hydrogen) atoms. The van der Waals surface area contributed by atoms with E-state index in [0.717, 1.165) is 22.4 Å². The molecule has 2 rings (SSSR count). The summed E-state index contributed by atoms with van der Waals surface area (Å²) in [5, 5.41) is 9.47. The van der Waals surface area contributed by atoms with Gasteiger partial charge in [-0.15, -0.1) is 0 Å². The van der Waals surface area contributed by atoms with Crippen LogP contribution < -0.4 is 10.5 Å². The van der Waals surface area contributed by atoms with Gasteiger partial charge in [-0.1, -0.05) is 17.7 Å². The van der Waals surface area contributed by atoms with Crippen LogP contribution in [0.2, 0.25) is 5.02 Å². The topological polar surface area (TPSA) is 59.0 Å². The van der Waals surface area contributed by atoms with Crippen molar-refractivity contribution in [3.8, 4) is 11.8 Å². The number of ether oxygens (including phenoxy) is 1. The Morgan fingerprint density at radius 2 is 1.85 bits per heavy atom. The Balaban J connectivity index is 2.19. The second-order valence-corrected chi connectivity index (χ2v) is 5.10. The molecule has 0 atom stereocenters. The molecule has 0 aliphatic carbocycles. The molecule has 3 nitrogen and oxygen atoms in total. The third-order valence-corrected chi connectivity index (χ3v) is 3.38. The van der Waals surface area contributed by atoms with E-state index in [0.29, 0.717) is 22.9 Å². The minimum Gasteiger partial charge on any atom is -0.488 e. The number of nitrogen functional groups attached to an aromatic ring is 1. The molecule has 2 aromatic carbocycles. The summed E-state index contributed by atoms with van der Waals surface area (Å²) in [7, 11) is 0. The first-order valence-corrected chi connectivity index (χ1v) is 6.57. The molecular formula is C16H15ClN2O. The van der Waals surface area contributed by atoms with Crippen LogP contribution in [0.4, 0.5) is 5.69 Å². The van der Waals surface area contributed by atoms with Crippen molar-refractivity contribution < 1.29 is 4.74 Å². The Morgan fingerprint density at radius 1 is 1.20 bits per heavy atom. The highest BCUT2D eigenvalue weighted by Gasteiger charge is 2.07. The fourth-order valence-corrected chi connectivity index (χ4v) is 2.20. The van der Waals surface area contributed by atoms with E-state index in [2.05, 4.69) is 6.07 Å². The number of anilines is 1. The number of nitrogens with two attached hydrogens (primary N) is 1. The zero-order valence-electron chi connectivity index (χ0n) is 11.4. The fraction of sp³-hybridized carbons (Fsp3) is 0.188. The summed E-state index contributed by atoms with van der Waals surface area (Å²) in [6, 6.07) is 11.2. The third kappa shape index (κ3) is 3.04. The Kier molecular flexibility index (Phi) is 4.16. The van der Waals surface area contributed by atoms with Gasteiger partial charge in [0.25, 0.3) is 0 Å². The largest absolute Gasteiger partial charge is 0.488 e. The minimum absolute atomic E-state index is 0.412. The number of aryl methyl sites for hydroxylation is 2. The molecule has 102 valence electrons. The maximum atomic E-state index is 8.92. The normalized spacial score (nSPS) is 10.1. The van der Waals surface area contributed by atoms with Crippen LogP contribution in [-0.2, 0) is 6.61 Å². The van der Waals surface area contributed by atoms with Crippen molar-refractivity contribution in [2.45, 2.75) is 20.5 Å². The van der Waals surface area contributed by atoms with Gasteiger partial charge in [-0.3, -0.25) is 0 Å². The van der Waals surface area contributed by atoms with Crippen molar-refractivity contribution in [3.63, 3.8) is 0 Å². The summed E-state index contributed by atoms with van der Waals surface area (Å²) in [4.78, 5) is 0. The molecule has 0 heterocycles. The minimum atomic E-state index is 0.412. The van der Waals surface area contributed by atoms with Gasteiger partial charge < -0.3 is 10.5 Å². The Hall–Kier alpha value is -2.18. The number of hydrogen-bond acceptors (Lipinski definition) is 3. The van der Waals surface area contributed by atoms with E-state index in [9.17, 15) is 0 Å². The van der Waals surface area contributed by atoms with E-state index in [1.54, 1.807) is 12.1 Å². The first kappa shape index (κ1) is 14.2. The Bertz CT molecular complexity index is 666. The molecule has 0 unspecified atom stereocenters. The molecule has 0 saturated carbocycles. The maximum absolute atomic E-state index is 8.92. The van der Waals surface area contributed by atoms with Crippen molar-refractivity contribution >= 4 is 17.3 Å². The first-order chi connectivity index (χ1) is 9.51. The van der Waals surface area contributed by atoms with Gasteiger partial charge in [-0.2, -0.15) is 5.26 Å². The summed E-state index contributed by atoms with van der Waals surface area (Å²) in [5.41, 5.74) is 9.80. The zero-order chi connectivity index (χ0) is 14.7. The molecule has 0 radical (unpaired) electrons. The van der Waals surface area contributed by atoms with E-state index in [1.165, 1.54) is 0 Å². The molecule has 0 aliphatic heterocycles. The van der Waals surface area contributed by atoms with Gasteiger partial charge in [0.2, 0.25) is 0 Å². The van der Waals surface area contributed by atoms with Crippen molar-refractivity contribution in [1.29, 1.82) is 5.26 Å². The fourth-order valence-electron chi connectivity index (χ4n) is 2.08. The maximum Gasteiger partial charge on any atom is 0.125 e. The smallest absolute Gasteiger partial charge is 0.125 e. The van der Waals surface area contributed by atoms with E-state index in [1.807, 2.05) is 32.0 Å². The summed E-state index contributed by atoms with van der Waals surface area (Å²) in [5.74, 6) is 0.803. The SMILES string of the molecule is Cc1cc(C#N)cc(C)c1OCc1ccc(Cl)c(N)c1. The molecular weight excluding hydrogens is 272 g/mol. The number of hydrogen-bond donors (Lipinski definition) is 1. The highest BCUT2D eigenvalue weighted by molar-refractivity contribution is 6.33. The summed E-state index contributed by atoms with van der Waals surface area (Å²) >= 11 is 5.89. The standard InChI is InChI=1S/C16H15ClN2O/c1-10-5-13(8-18)6-11(2)16(10)20-9-12-3-4-14(17)15(19)7-12/h3-7H,9,19H2,1-2H3. The lowest BCUT2D eigenvalue weighted by molar-refractivity contribution is 0.302. The van der Waals surface area contributed by atoms with E-state index >= 15 is 0 Å². The van der Waals surface area contributed by atoms with Crippen LogP contribution >= 0.6 is 11.6 Å². The Labute approximate surface area is 123 Å². The molecule has 2 N–H and O–H groups in total. The molecule has 4 heteroatoms. The lowest BCUT2D eigenvalue weighted by Gasteiger charge is -2.13. The highest BCUT2D eigenvalue weighted by atomic mass is 35.5. The monoisotopic (exact) mass is 286 g/mol. The van der Waals surface area contributed by atoms with Crippen LogP contribution in [0.1, 0.15) is 22.3 Å². The van der Waals surface area contributed by atoms with Crippen molar-refractivity contribution in [1.82, 2.24) is 0 Å². The van der Waals surface area contributed by atoms with Gasteiger partial charge in [0.1, 0.15) is 12.4 Å². The van der Waals surface area contributed by atoms with Crippen LogP contribution in [0.25, 0.3) is 0 Å². The second-order valence-electron chi connectivity index (χ2n) is 4.70. The summed E-state index contributed by atoms with van der Waals surface area (Å²) in [6.07, 6.45) is 0. The van der Waals surface area contributed by atoms with Gasteiger partial charge >= 0.3 is 0 Å². The third-order valence-electron chi connectivity index (χ3n) is 3.03. The lowest BCUT2D eigenvalue weighted by Crippen LogP contribution is -2.00. The molecule has 0 bridgehead atoms. The summed E-state index contributed by atoms with van der Waals surface area (Å²) < 4.78 is 5.84. The van der Waals surface area contributed by atoms with Crippen LogP contribution in [0.15, 0.2) is 30.3 Å². The molecule has 0 fully saturated rings. The predicted octanol–water partition coefficient (Wildman–Crippen LogP) is 3.99. The number of nitrogens with zero attached hydrogens (tertiary/aromatic N) is 1. The van der Waals surface area contributed by atoms with Gasteiger partial charge in [-0.05, 0) is 54.8 Å². The van der Waals surface area contributed by atoms with E-state index < -0.39 is 0 Å². The van der Waals surface area contributed by atoms with E-state index in [4.69, 9.17) is 27.3 Å². The summed E-state index contributed by atoms with van der Waals surface area (Å²) in [6.45, 7) is 4.27. The van der Waals surface area contributed by atoms with E-state index in [-0.39, 0.29) is 0 Å². The van der Waals surface area contributed by atoms with Crippen LogP contribution in [0.5, 0.6) is 5.75 Å². The average molecular weight is 287 g/mol. The quantitative estimate of drug-likeness (QED) is 0.868. The predicted molar refractivity (Wildman–Crippen MR) is 80.8 cm³/mol. The lowest BCUT2D eigenvalue weighted by atomic mass is 10.1. The number of nitriles is 1. The van der Waals surface area contributed by atoms with Crippen molar-refractivity contribution in [2.75, 3.05) is 5.73 Å². The van der Waals surface area contributed by atoms with Gasteiger partial charge in [0.05, 0.1) is 22.3 Å². The second kappa shape index (κ2) is 5.85. The molecule has 2 aromatic rings.